The van der Waals surface area contributed by atoms with Crippen LogP contribution < -0.4 is 0 Å². The molecule has 0 aliphatic rings. The van der Waals surface area contributed by atoms with Crippen molar-refractivity contribution in [3.63, 3.8) is 0 Å². The van der Waals surface area contributed by atoms with Crippen LogP contribution in [0.5, 0.6) is 0 Å². The van der Waals surface area contributed by atoms with E-state index in [4.69, 9.17) is 0 Å². The van der Waals surface area contributed by atoms with Crippen molar-refractivity contribution >= 4 is 21.2 Å². The molecule has 0 N–H and O–H groups in total. The standard InChI is InChI=1S/C16H14O3S/c1-13(17)16(14-8-4-2-5-9-14)12-20(18,19)15-10-6-3-7-11-15/h2-12H,1H3/b16-12+. The molecule has 0 atom stereocenters. The number of hydrogen-bond acceptors (Lipinski definition) is 3. The molecular formula is C16H14O3S. The molecule has 0 heterocycles. The van der Waals surface area contributed by atoms with Crippen LogP contribution in [0.2, 0.25) is 0 Å². The van der Waals surface area contributed by atoms with Crippen LogP contribution in [-0.4, -0.2) is 14.2 Å². The Morgan fingerprint density at radius 2 is 1.40 bits per heavy atom. The molecule has 0 fully saturated rings. The van der Waals surface area contributed by atoms with Crippen LogP contribution in [0.1, 0.15) is 12.5 Å². The zero-order valence-corrected chi connectivity index (χ0v) is 11.8. The number of Topliss-reactive ketones (excluding diaryl/α,β-unsaturated/α-hetero) is 1. The molecule has 0 radical (unpaired) electrons. The summed E-state index contributed by atoms with van der Waals surface area (Å²) in [5.41, 5.74) is 0.786. The van der Waals surface area contributed by atoms with Gasteiger partial charge in [-0.25, -0.2) is 8.42 Å². The monoisotopic (exact) mass is 286 g/mol. The predicted octanol–water partition coefficient (Wildman–Crippen LogP) is 3.09. The number of ketones is 1. The number of carbonyl (C=O) groups is 1. The highest BCUT2D eigenvalue weighted by Crippen LogP contribution is 2.20. The fraction of sp³-hybridized carbons (Fsp3) is 0.0625. The number of rotatable bonds is 4. The molecule has 0 unspecified atom stereocenters. The Bertz CT molecular complexity index is 730. The second kappa shape index (κ2) is 5.84. The number of hydrogen-bond donors (Lipinski definition) is 0. The molecule has 0 spiro atoms. The fourth-order valence-corrected chi connectivity index (χ4v) is 3.09. The SMILES string of the molecule is CC(=O)/C(=C\S(=O)(=O)c1ccccc1)c1ccccc1. The lowest BCUT2D eigenvalue weighted by molar-refractivity contribution is -0.111. The van der Waals surface area contributed by atoms with Gasteiger partial charge >= 0.3 is 0 Å². The first kappa shape index (κ1) is 14.2. The maximum absolute atomic E-state index is 12.3. The normalized spacial score (nSPS) is 12.2. The molecule has 2 aromatic carbocycles. The molecule has 2 rings (SSSR count). The Morgan fingerprint density at radius 3 is 1.90 bits per heavy atom. The molecule has 102 valence electrons. The fourth-order valence-electron chi connectivity index (χ4n) is 1.81. The Kier molecular flexibility index (Phi) is 4.15. The molecule has 0 bridgehead atoms. The third-order valence-corrected chi connectivity index (χ3v) is 4.28. The van der Waals surface area contributed by atoms with Crippen LogP contribution in [0.25, 0.3) is 5.57 Å². The van der Waals surface area contributed by atoms with Gasteiger partial charge in [0.25, 0.3) is 0 Å². The highest BCUT2D eigenvalue weighted by atomic mass is 32.2. The molecule has 0 aliphatic carbocycles. The average Bonchev–Trinajstić information content (AvgIpc) is 2.46. The van der Waals surface area contributed by atoms with Crippen molar-refractivity contribution in [3.8, 4) is 0 Å². The topological polar surface area (TPSA) is 51.2 Å². The van der Waals surface area contributed by atoms with E-state index in [-0.39, 0.29) is 16.3 Å². The van der Waals surface area contributed by atoms with E-state index in [1.54, 1.807) is 42.5 Å². The van der Waals surface area contributed by atoms with Crippen molar-refractivity contribution in [2.24, 2.45) is 0 Å². The third kappa shape index (κ3) is 3.22. The summed E-state index contributed by atoms with van der Waals surface area (Å²) in [4.78, 5) is 11.9. The van der Waals surface area contributed by atoms with Gasteiger partial charge in [0.15, 0.2) is 5.78 Å². The summed E-state index contributed by atoms with van der Waals surface area (Å²) in [6, 6.07) is 16.8. The van der Waals surface area contributed by atoms with Crippen LogP contribution in [0.4, 0.5) is 0 Å². The predicted molar refractivity (Wildman–Crippen MR) is 78.7 cm³/mol. The molecule has 0 aliphatic heterocycles. The summed E-state index contributed by atoms with van der Waals surface area (Å²) >= 11 is 0. The van der Waals surface area contributed by atoms with E-state index < -0.39 is 9.84 Å². The van der Waals surface area contributed by atoms with Gasteiger partial charge in [0.2, 0.25) is 9.84 Å². The van der Waals surface area contributed by atoms with Crippen molar-refractivity contribution in [2.45, 2.75) is 11.8 Å². The van der Waals surface area contributed by atoms with Crippen LogP contribution in [0.15, 0.2) is 71.0 Å². The molecule has 2 aromatic rings. The number of carbonyl (C=O) groups excluding carboxylic acids is 1. The molecule has 3 nitrogen and oxygen atoms in total. The van der Waals surface area contributed by atoms with Gasteiger partial charge in [0, 0.05) is 11.0 Å². The molecule has 20 heavy (non-hydrogen) atoms. The van der Waals surface area contributed by atoms with Gasteiger partial charge in [-0.1, -0.05) is 48.5 Å². The minimum absolute atomic E-state index is 0.176. The Balaban J connectivity index is 2.53. The lowest BCUT2D eigenvalue weighted by Gasteiger charge is -2.05. The Labute approximate surface area is 118 Å². The Morgan fingerprint density at radius 1 is 0.900 bits per heavy atom. The van der Waals surface area contributed by atoms with E-state index in [1.165, 1.54) is 19.1 Å². The molecule has 4 heteroatoms. The summed E-state index contributed by atoms with van der Waals surface area (Å²) in [6.07, 6.45) is 0. The quantitative estimate of drug-likeness (QED) is 0.812. The number of sulfone groups is 1. The Hall–Kier alpha value is -2.20. The van der Waals surface area contributed by atoms with E-state index in [0.29, 0.717) is 5.56 Å². The first-order valence-electron chi connectivity index (χ1n) is 6.09. The van der Waals surface area contributed by atoms with Crippen molar-refractivity contribution in [3.05, 3.63) is 71.6 Å². The maximum atomic E-state index is 12.3. The minimum atomic E-state index is -3.64. The zero-order valence-electron chi connectivity index (χ0n) is 11.0. The van der Waals surface area contributed by atoms with Crippen molar-refractivity contribution in [2.75, 3.05) is 0 Å². The first-order valence-corrected chi connectivity index (χ1v) is 7.63. The van der Waals surface area contributed by atoms with Crippen molar-refractivity contribution in [1.82, 2.24) is 0 Å². The van der Waals surface area contributed by atoms with Gasteiger partial charge in [0.1, 0.15) is 0 Å². The first-order chi connectivity index (χ1) is 9.50. The molecule has 0 saturated carbocycles. The molecule has 0 aromatic heterocycles. The van der Waals surface area contributed by atoms with Crippen LogP contribution >= 0.6 is 0 Å². The van der Waals surface area contributed by atoms with E-state index >= 15 is 0 Å². The maximum Gasteiger partial charge on any atom is 0.200 e. The van der Waals surface area contributed by atoms with Gasteiger partial charge in [-0.05, 0) is 24.6 Å². The number of benzene rings is 2. The van der Waals surface area contributed by atoms with Gasteiger partial charge in [-0.15, -0.1) is 0 Å². The molecular weight excluding hydrogens is 272 g/mol. The van der Waals surface area contributed by atoms with Gasteiger partial charge in [0.05, 0.1) is 4.90 Å². The summed E-state index contributed by atoms with van der Waals surface area (Å²) in [7, 11) is -3.64. The van der Waals surface area contributed by atoms with Crippen LogP contribution in [0, 0.1) is 0 Å². The summed E-state index contributed by atoms with van der Waals surface area (Å²) in [5.74, 6) is -0.282. The van der Waals surface area contributed by atoms with E-state index in [2.05, 4.69) is 0 Å². The van der Waals surface area contributed by atoms with E-state index in [9.17, 15) is 13.2 Å². The third-order valence-electron chi connectivity index (χ3n) is 2.81. The second-order valence-electron chi connectivity index (χ2n) is 4.31. The number of allylic oxidation sites excluding steroid dienone is 1. The van der Waals surface area contributed by atoms with Crippen molar-refractivity contribution in [1.29, 1.82) is 0 Å². The molecule has 0 saturated heterocycles. The van der Waals surface area contributed by atoms with Gasteiger partial charge in [-0.2, -0.15) is 0 Å². The van der Waals surface area contributed by atoms with E-state index in [1.807, 2.05) is 6.07 Å². The van der Waals surface area contributed by atoms with Crippen LogP contribution in [-0.2, 0) is 14.6 Å². The highest BCUT2D eigenvalue weighted by Gasteiger charge is 2.15. The molecule has 0 amide bonds. The summed E-state index contributed by atoms with van der Waals surface area (Å²) < 4.78 is 24.6. The van der Waals surface area contributed by atoms with Crippen molar-refractivity contribution < 1.29 is 13.2 Å². The lowest BCUT2D eigenvalue weighted by Crippen LogP contribution is -2.02. The highest BCUT2D eigenvalue weighted by molar-refractivity contribution is 7.94. The minimum Gasteiger partial charge on any atom is -0.294 e. The lowest BCUT2D eigenvalue weighted by atomic mass is 10.1. The van der Waals surface area contributed by atoms with Gasteiger partial charge < -0.3 is 0 Å². The zero-order chi connectivity index (χ0) is 14.6. The summed E-state index contributed by atoms with van der Waals surface area (Å²) in [6.45, 7) is 1.36. The van der Waals surface area contributed by atoms with Gasteiger partial charge in [-0.3, -0.25) is 4.79 Å². The van der Waals surface area contributed by atoms with E-state index in [0.717, 1.165) is 5.41 Å². The average molecular weight is 286 g/mol. The second-order valence-corrected chi connectivity index (χ2v) is 6.11. The smallest absolute Gasteiger partial charge is 0.200 e. The van der Waals surface area contributed by atoms with Crippen LogP contribution in [0.3, 0.4) is 0 Å². The summed E-state index contributed by atoms with van der Waals surface area (Å²) in [5, 5.41) is 1.04. The largest absolute Gasteiger partial charge is 0.294 e.